The number of aromatic nitrogens is 1. The topological polar surface area (TPSA) is 72.2 Å². The smallest absolute Gasteiger partial charge is 0.349 e. The lowest BCUT2D eigenvalue weighted by atomic mass is 10.0. The maximum Gasteiger partial charge on any atom is 0.349 e. The summed E-state index contributed by atoms with van der Waals surface area (Å²) in [6, 6.07) is 14.7. The number of hydrogen-bond acceptors (Lipinski definition) is 5. The first-order chi connectivity index (χ1) is 12.5. The highest BCUT2D eigenvalue weighted by atomic mass is 32.1. The molecule has 0 saturated carbocycles. The number of thiazole rings is 1. The van der Waals surface area contributed by atoms with E-state index < -0.39 is 11.5 Å². The number of nitrogens with one attached hydrogen (secondary N) is 1. The number of rotatable bonds is 3. The molecule has 1 amide bonds. The molecule has 0 aliphatic rings. The van der Waals surface area contributed by atoms with E-state index in [0.717, 1.165) is 10.2 Å². The fourth-order valence-electron chi connectivity index (χ4n) is 2.74. The van der Waals surface area contributed by atoms with E-state index in [1.165, 1.54) is 16.9 Å². The molecule has 26 heavy (non-hydrogen) atoms. The van der Waals surface area contributed by atoms with E-state index in [4.69, 9.17) is 4.42 Å². The molecule has 4 rings (SSSR count). The Morgan fingerprint density at radius 1 is 1.15 bits per heavy atom. The molecule has 2 aromatic heterocycles. The normalized spacial score (nSPS) is 11.3. The number of carbonyl (C=O) groups is 1. The molecule has 0 fully saturated rings. The van der Waals surface area contributed by atoms with Crippen molar-refractivity contribution in [2.24, 2.45) is 0 Å². The third-order valence-electron chi connectivity index (χ3n) is 4.19. The molecule has 2 heterocycles. The third-order valence-corrected chi connectivity index (χ3v) is 5.12. The first-order valence-corrected chi connectivity index (χ1v) is 9.07. The van der Waals surface area contributed by atoms with Gasteiger partial charge in [0.15, 0.2) is 5.13 Å². The summed E-state index contributed by atoms with van der Waals surface area (Å²) >= 11 is 1.39. The zero-order valence-corrected chi connectivity index (χ0v) is 15.1. The van der Waals surface area contributed by atoms with Crippen LogP contribution in [0.4, 0.5) is 5.13 Å². The zero-order valence-electron chi connectivity index (χ0n) is 14.3. The van der Waals surface area contributed by atoms with Gasteiger partial charge in [0.2, 0.25) is 0 Å². The third kappa shape index (κ3) is 2.99. The van der Waals surface area contributed by atoms with Gasteiger partial charge in [-0.2, -0.15) is 0 Å². The van der Waals surface area contributed by atoms with Crippen molar-refractivity contribution in [1.82, 2.24) is 4.98 Å². The van der Waals surface area contributed by atoms with E-state index in [1.807, 2.05) is 18.2 Å². The van der Waals surface area contributed by atoms with Gasteiger partial charge in [-0.15, -0.1) is 0 Å². The minimum absolute atomic E-state index is 0.0363. The van der Waals surface area contributed by atoms with Gasteiger partial charge in [-0.05, 0) is 35.7 Å². The van der Waals surface area contributed by atoms with Gasteiger partial charge in [-0.1, -0.05) is 49.4 Å². The van der Waals surface area contributed by atoms with E-state index in [9.17, 15) is 9.59 Å². The van der Waals surface area contributed by atoms with E-state index in [1.54, 1.807) is 24.3 Å². The minimum atomic E-state index is -0.663. The molecule has 4 aromatic rings. The molecule has 0 radical (unpaired) electrons. The number of nitrogens with zero attached hydrogens (tertiary/aromatic N) is 1. The molecule has 5 nitrogen and oxygen atoms in total. The first kappa shape index (κ1) is 16.5. The van der Waals surface area contributed by atoms with Crippen molar-refractivity contribution in [2.75, 3.05) is 5.32 Å². The predicted octanol–water partition coefficient (Wildman–Crippen LogP) is 4.78. The van der Waals surface area contributed by atoms with E-state index in [0.29, 0.717) is 22.0 Å². The first-order valence-electron chi connectivity index (χ1n) is 8.26. The quantitative estimate of drug-likeness (QED) is 0.531. The van der Waals surface area contributed by atoms with Gasteiger partial charge < -0.3 is 4.42 Å². The fourth-order valence-corrected chi connectivity index (χ4v) is 3.65. The van der Waals surface area contributed by atoms with Gasteiger partial charge in [0.1, 0.15) is 11.1 Å². The van der Waals surface area contributed by atoms with Crippen molar-refractivity contribution in [3.8, 4) is 0 Å². The Kier molecular flexibility index (Phi) is 4.05. The van der Waals surface area contributed by atoms with Gasteiger partial charge in [-0.3, -0.25) is 10.1 Å². The Morgan fingerprint density at radius 3 is 2.77 bits per heavy atom. The standard InChI is InChI=1S/C20H16N2O3S/c1-11(2)12-7-8-15-17(10-12)26-20(21-15)22-18(23)14-9-13-5-3-4-6-16(13)25-19(14)24/h3-11H,1-2H3,(H,21,22,23). The highest BCUT2D eigenvalue weighted by Crippen LogP contribution is 2.29. The Bertz CT molecular complexity index is 1190. The molecule has 0 spiro atoms. The zero-order chi connectivity index (χ0) is 18.3. The predicted molar refractivity (Wildman–Crippen MR) is 104 cm³/mol. The summed E-state index contributed by atoms with van der Waals surface area (Å²) in [6.45, 7) is 4.26. The summed E-state index contributed by atoms with van der Waals surface area (Å²) in [5.74, 6) is -0.102. The number of hydrogen-bond donors (Lipinski definition) is 1. The number of para-hydroxylation sites is 1. The van der Waals surface area contributed by atoms with Crippen LogP contribution in [0.25, 0.3) is 21.2 Å². The summed E-state index contributed by atoms with van der Waals surface area (Å²) in [5, 5.41) is 3.86. The van der Waals surface area contributed by atoms with Crippen LogP contribution in [0.1, 0.15) is 35.7 Å². The maximum atomic E-state index is 12.5. The van der Waals surface area contributed by atoms with Gasteiger partial charge >= 0.3 is 5.63 Å². The molecule has 6 heteroatoms. The lowest BCUT2D eigenvalue weighted by Gasteiger charge is -2.03. The second-order valence-corrected chi connectivity index (χ2v) is 7.37. The fraction of sp³-hybridized carbons (Fsp3) is 0.150. The van der Waals surface area contributed by atoms with Crippen LogP contribution in [0.15, 0.2) is 57.7 Å². The van der Waals surface area contributed by atoms with E-state index >= 15 is 0 Å². The summed E-state index contributed by atoms with van der Waals surface area (Å²) in [6.07, 6.45) is 0. The second-order valence-electron chi connectivity index (χ2n) is 6.34. The molecule has 2 aromatic carbocycles. The lowest BCUT2D eigenvalue weighted by molar-refractivity contribution is 0.102. The molecule has 0 bridgehead atoms. The molecule has 130 valence electrons. The average Bonchev–Trinajstić information content (AvgIpc) is 3.02. The maximum absolute atomic E-state index is 12.5. The van der Waals surface area contributed by atoms with Crippen LogP contribution in [-0.2, 0) is 0 Å². The monoisotopic (exact) mass is 364 g/mol. The van der Waals surface area contributed by atoms with Gasteiger partial charge in [0, 0.05) is 5.39 Å². The minimum Gasteiger partial charge on any atom is -0.422 e. The number of fused-ring (bicyclic) bond motifs is 2. The summed E-state index contributed by atoms with van der Waals surface area (Å²) in [4.78, 5) is 29.1. The van der Waals surface area contributed by atoms with Crippen LogP contribution in [0.3, 0.4) is 0 Å². The van der Waals surface area contributed by atoms with Crippen LogP contribution < -0.4 is 10.9 Å². The van der Waals surface area contributed by atoms with E-state index in [2.05, 4.69) is 30.2 Å². The van der Waals surface area contributed by atoms with Crippen molar-refractivity contribution >= 4 is 43.6 Å². The Hall–Kier alpha value is -2.99. The molecule has 0 aliphatic carbocycles. The lowest BCUT2D eigenvalue weighted by Crippen LogP contribution is -2.20. The SMILES string of the molecule is CC(C)c1ccc2nc(NC(=O)c3cc4ccccc4oc3=O)sc2c1. The summed E-state index contributed by atoms with van der Waals surface area (Å²) in [7, 11) is 0. The van der Waals surface area contributed by atoms with Crippen LogP contribution in [0, 0.1) is 0 Å². The molecular formula is C20H16N2O3S. The number of carbonyl (C=O) groups excluding carboxylic acids is 1. The Morgan fingerprint density at radius 2 is 1.96 bits per heavy atom. The van der Waals surface area contributed by atoms with Crippen molar-refractivity contribution < 1.29 is 9.21 Å². The molecule has 0 atom stereocenters. The molecule has 0 aliphatic heterocycles. The molecule has 1 N–H and O–H groups in total. The number of benzene rings is 2. The summed E-state index contributed by atoms with van der Waals surface area (Å²) < 4.78 is 6.22. The van der Waals surface area contributed by atoms with Gasteiger partial charge in [-0.25, -0.2) is 9.78 Å². The van der Waals surface area contributed by atoms with Crippen molar-refractivity contribution in [2.45, 2.75) is 19.8 Å². The van der Waals surface area contributed by atoms with Gasteiger partial charge in [0.05, 0.1) is 10.2 Å². The van der Waals surface area contributed by atoms with Crippen LogP contribution in [-0.4, -0.2) is 10.9 Å². The highest BCUT2D eigenvalue weighted by molar-refractivity contribution is 7.22. The van der Waals surface area contributed by atoms with Crippen LogP contribution in [0.5, 0.6) is 0 Å². The summed E-state index contributed by atoms with van der Waals surface area (Å²) in [5.41, 5.74) is 1.79. The van der Waals surface area contributed by atoms with E-state index in [-0.39, 0.29) is 5.56 Å². The van der Waals surface area contributed by atoms with Gasteiger partial charge in [0.25, 0.3) is 5.91 Å². The van der Waals surface area contributed by atoms with Crippen LogP contribution in [0.2, 0.25) is 0 Å². The van der Waals surface area contributed by atoms with Crippen molar-refractivity contribution in [1.29, 1.82) is 0 Å². The Labute approximate surface area is 153 Å². The van der Waals surface area contributed by atoms with Crippen LogP contribution >= 0.6 is 11.3 Å². The average molecular weight is 364 g/mol. The molecular weight excluding hydrogens is 348 g/mol. The number of anilines is 1. The number of amides is 1. The highest BCUT2D eigenvalue weighted by Gasteiger charge is 2.16. The second kappa shape index (κ2) is 6.38. The largest absolute Gasteiger partial charge is 0.422 e. The van der Waals surface area contributed by atoms with Crippen molar-refractivity contribution in [3.63, 3.8) is 0 Å². The Balaban J connectivity index is 1.67. The van der Waals surface area contributed by atoms with Crippen molar-refractivity contribution in [3.05, 3.63) is 70.1 Å². The molecule has 0 saturated heterocycles. The molecule has 0 unspecified atom stereocenters.